The molecule has 2 aliphatic carbocycles. The van der Waals surface area contributed by atoms with Crippen molar-refractivity contribution in [1.29, 1.82) is 0 Å². The van der Waals surface area contributed by atoms with Gasteiger partial charge >= 0.3 is 0 Å². The van der Waals surface area contributed by atoms with Crippen LogP contribution in [0.5, 0.6) is 0 Å². The number of sulfonamides is 1. The van der Waals surface area contributed by atoms with Crippen LogP contribution in [0.3, 0.4) is 0 Å². The zero-order valence-corrected chi connectivity index (χ0v) is 11.3. The zero-order valence-electron chi connectivity index (χ0n) is 10.5. The number of hydrogen-bond acceptors (Lipinski definition) is 3. The molecule has 3 N–H and O–H groups in total. The van der Waals surface area contributed by atoms with Gasteiger partial charge in [-0.3, -0.25) is 0 Å². The number of nitrogens with one attached hydrogen (secondary N) is 1. The normalized spacial score (nSPS) is 19.9. The largest absolute Gasteiger partial charge is 0.398 e. The molecule has 0 bridgehead atoms. The highest BCUT2D eigenvalue weighted by Gasteiger charge is 2.43. The molecule has 2 fully saturated rings. The predicted molar refractivity (Wildman–Crippen MR) is 70.4 cm³/mol. The summed E-state index contributed by atoms with van der Waals surface area (Å²) in [5, 5.41) is 0. The number of rotatable bonds is 5. The molecular weight excluding hydrogens is 267 g/mol. The summed E-state index contributed by atoms with van der Waals surface area (Å²) in [6, 6.07) is 3.41. The van der Waals surface area contributed by atoms with Gasteiger partial charge in [0.05, 0.1) is 5.69 Å². The molecule has 0 unspecified atom stereocenters. The summed E-state index contributed by atoms with van der Waals surface area (Å²) in [5.74, 6) is 0.394. The summed E-state index contributed by atoms with van der Waals surface area (Å²) < 4.78 is 40.4. The third-order valence-electron chi connectivity index (χ3n) is 3.81. The number of halogens is 1. The van der Waals surface area contributed by atoms with Crippen LogP contribution in [0.1, 0.15) is 25.7 Å². The van der Waals surface area contributed by atoms with E-state index in [1.165, 1.54) is 6.07 Å². The molecule has 3 rings (SSSR count). The van der Waals surface area contributed by atoms with Gasteiger partial charge in [0.1, 0.15) is 10.7 Å². The van der Waals surface area contributed by atoms with Crippen molar-refractivity contribution in [1.82, 2.24) is 4.72 Å². The van der Waals surface area contributed by atoms with E-state index in [0.717, 1.165) is 37.8 Å². The lowest BCUT2D eigenvalue weighted by atomic mass is 10.1. The van der Waals surface area contributed by atoms with Crippen molar-refractivity contribution in [2.45, 2.75) is 36.6 Å². The van der Waals surface area contributed by atoms with Crippen molar-refractivity contribution in [3.05, 3.63) is 24.0 Å². The number of nitrogens with two attached hydrogens (primary N) is 1. The van der Waals surface area contributed by atoms with Crippen LogP contribution in [0.2, 0.25) is 0 Å². The molecule has 0 saturated heterocycles. The number of hydrogen-bond donors (Lipinski definition) is 2. The zero-order chi connectivity index (χ0) is 13.6. The number of benzene rings is 1. The molecule has 4 nitrogen and oxygen atoms in total. The fourth-order valence-electron chi connectivity index (χ4n) is 2.49. The van der Waals surface area contributed by atoms with Crippen molar-refractivity contribution in [3.63, 3.8) is 0 Å². The summed E-state index contributed by atoms with van der Waals surface area (Å²) in [5.41, 5.74) is 5.56. The number of anilines is 1. The SMILES string of the molecule is Nc1cc(F)ccc1S(=O)(=O)NC(C1CC1)C1CC1. The van der Waals surface area contributed by atoms with Crippen molar-refractivity contribution < 1.29 is 12.8 Å². The lowest BCUT2D eigenvalue weighted by molar-refractivity contribution is 0.471. The smallest absolute Gasteiger partial charge is 0.242 e. The highest BCUT2D eigenvalue weighted by molar-refractivity contribution is 7.89. The first-order valence-electron chi connectivity index (χ1n) is 6.55. The van der Waals surface area contributed by atoms with Crippen LogP contribution in [0, 0.1) is 17.7 Å². The molecule has 19 heavy (non-hydrogen) atoms. The molecule has 2 saturated carbocycles. The Bertz CT molecular complexity index is 583. The fraction of sp³-hybridized carbons (Fsp3) is 0.538. The van der Waals surface area contributed by atoms with Gasteiger partial charge in [0.15, 0.2) is 0 Å². The second-order valence-corrected chi connectivity index (χ2v) is 7.19. The van der Waals surface area contributed by atoms with Gasteiger partial charge in [-0.05, 0) is 55.7 Å². The molecule has 0 aliphatic heterocycles. The summed E-state index contributed by atoms with van der Waals surface area (Å²) >= 11 is 0. The maximum atomic E-state index is 13.0. The molecular formula is C13H17FN2O2S. The van der Waals surface area contributed by atoms with Crippen LogP contribution in [-0.4, -0.2) is 14.5 Å². The van der Waals surface area contributed by atoms with E-state index in [-0.39, 0.29) is 16.6 Å². The Kier molecular flexibility index (Phi) is 3.02. The molecule has 104 valence electrons. The average Bonchev–Trinajstić information content (AvgIpc) is 3.18. The van der Waals surface area contributed by atoms with Crippen LogP contribution < -0.4 is 10.5 Å². The Morgan fingerprint density at radius 1 is 1.21 bits per heavy atom. The monoisotopic (exact) mass is 284 g/mol. The van der Waals surface area contributed by atoms with Crippen molar-refractivity contribution >= 4 is 15.7 Å². The predicted octanol–water partition coefficient (Wildman–Crippen LogP) is 1.87. The van der Waals surface area contributed by atoms with Crippen LogP contribution in [0.4, 0.5) is 10.1 Å². The van der Waals surface area contributed by atoms with Gasteiger partial charge in [-0.15, -0.1) is 0 Å². The first kappa shape index (κ1) is 12.9. The van der Waals surface area contributed by atoms with E-state index < -0.39 is 15.8 Å². The van der Waals surface area contributed by atoms with Gasteiger partial charge in [-0.1, -0.05) is 0 Å². The minimum atomic E-state index is -3.66. The molecule has 0 atom stereocenters. The van der Waals surface area contributed by atoms with Gasteiger partial charge in [-0.25, -0.2) is 17.5 Å². The highest BCUT2D eigenvalue weighted by atomic mass is 32.2. The molecule has 2 aliphatic rings. The molecule has 6 heteroatoms. The molecule has 1 aromatic carbocycles. The molecule has 0 aromatic heterocycles. The maximum Gasteiger partial charge on any atom is 0.242 e. The maximum absolute atomic E-state index is 13.0. The highest BCUT2D eigenvalue weighted by Crippen LogP contribution is 2.45. The van der Waals surface area contributed by atoms with E-state index in [0.29, 0.717) is 11.8 Å². The summed E-state index contributed by atoms with van der Waals surface area (Å²) in [6.45, 7) is 0. The second-order valence-electron chi connectivity index (χ2n) is 5.50. The molecule has 0 spiro atoms. The topological polar surface area (TPSA) is 72.2 Å². The summed E-state index contributed by atoms with van der Waals surface area (Å²) in [7, 11) is -3.66. The van der Waals surface area contributed by atoms with E-state index >= 15 is 0 Å². The van der Waals surface area contributed by atoms with Crippen LogP contribution >= 0.6 is 0 Å². The Morgan fingerprint density at radius 2 is 1.79 bits per heavy atom. The first-order valence-corrected chi connectivity index (χ1v) is 8.03. The van der Waals surface area contributed by atoms with Crippen molar-refractivity contribution in [3.8, 4) is 0 Å². The Balaban J connectivity index is 1.85. The lowest BCUT2D eigenvalue weighted by Crippen LogP contribution is -2.38. The summed E-state index contributed by atoms with van der Waals surface area (Å²) in [4.78, 5) is -0.0276. The quantitative estimate of drug-likeness (QED) is 0.811. The Hall–Kier alpha value is -1.14. The molecule has 0 amide bonds. The third kappa shape index (κ3) is 2.74. The molecule has 1 aromatic rings. The lowest BCUT2D eigenvalue weighted by Gasteiger charge is -2.18. The van der Waals surface area contributed by atoms with E-state index in [1.54, 1.807) is 0 Å². The number of nitrogen functional groups attached to an aromatic ring is 1. The fourth-order valence-corrected chi connectivity index (χ4v) is 3.98. The van der Waals surface area contributed by atoms with Crippen LogP contribution in [0.15, 0.2) is 23.1 Å². The minimum absolute atomic E-state index is 0.0226. The van der Waals surface area contributed by atoms with Crippen molar-refractivity contribution in [2.24, 2.45) is 11.8 Å². The Labute approximate surface area is 112 Å². The van der Waals surface area contributed by atoms with Gasteiger partial charge < -0.3 is 5.73 Å². The van der Waals surface area contributed by atoms with Crippen LogP contribution in [0.25, 0.3) is 0 Å². The van der Waals surface area contributed by atoms with E-state index in [1.807, 2.05) is 0 Å². The second kappa shape index (κ2) is 4.45. The van der Waals surface area contributed by atoms with E-state index in [2.05, 4.69) is 4.72 Å². The minimum Gasteiger partial charge on any atom is -0.398 e. The Morgan fingerprint density at radius 3 is 2.26 bits per heavy atom. The average molecular weight is 284 g/mol. The van der Waals surface area contributed by atoms with E-state index in [9.17, 15) is 12.8 Å². The molecule has 0 radical (unpaired) electrons. The van der Waals surface area contributed by atoms with Crippen LogP contribution in [-0.2, 0) is 10.0 Å². The van der Waals surface area contributed by atoms with Gasteiger partial charge in [0, 0.05) is 6.04 Å². The van der Waals surface area contributed by atoms with Crippen molar-refractivity contribution in [2.75, 3.05) is 5.73 Å². The van der Waals surface area contributed by atoms with Gasteiger partial charge in [0.25, 0.3) is 0 Å². The third-order valence-corrected chi connectivity index (χ3v) is 5.35. The summed E-state index contributed by atoms with van der Waals surface area (Å²) in [6.07, 6.45) is 4.34. The first-order chi connectivity index (χ1) is 8.97. The standard InChI is InChI=1S/C13H17FN2O2S/c14-10-5-6-12(11(15)7-10)19(17,18)16-13(8-1-2-8)9-3-4-9/h5-9,13,16H,1-4,15H2. The van der Waals surface area contributed by atoms with Gasteiger partial charge in [-0.2, -0.15) is 0 Å². The molecule has 0 heterocycles. The van der Waals surface area contributed by atoms with Gasteiger partial charge in [0.2, 0.25) is 10.0 Å². The van der Waals surface area contributed by atoms with E-state index in [4.69, 9.17) is 5.73 Å².